The summed E-state index contributed by atoms with van der Waals surface area (Å²) in [4.78, 5) is 21.8. The van der Waals surface area contributed by atoms with Crippen LogP contribution in [-0.4, -0.2) is 55.1 Å². The Morgan fingerprint density at radius 1 is 1.28 bits per heavy atom. The number of carbonyl (C=O) groups excluding carboxylic acids is 1. The van der Waals surface area contributed by atoms with Crippen molar-refractivity contribution in [3.05, 3.63) is 24.4 Å². The van der Waals surface area contributed by atoms with Gasteiger partial charge in [0.2, 0.25) is 5.91 Å². The molecule has 1 aromatic rings. The van der Waals surface area contributed by atoms with E-state index < -0.39 is 0 Å². The summed E-state index contributed by atoms with van der Waals surface area (Å²) in [5.41, 5.74) is 0. The molecule has 2 aliphatic heterocycles. The molecule has 0 radical (unpaired) electrons. The van der Waals surface area contributed by atoms with Gasteiger partial charge in [0, 0.05) is 38.8 Å². The van der Waals surface area contributed by atoms with Crippen LogP contribution >= 0.6 is 24.8 Å². The molecule has 166 valence electrons. The fourth-order valence-electron chi connectivity index (χ4n) is 4.54. The molecule has 2 saturated heterocycles. The zero-order chi connectivity index (χ0) is 19.1. The molecule has 5 nitrogen and oxygen atoms in total. The minimum absolute atomic E-state index is 0. The number of rotatable bonds is 7. The molecule has 29 heavy (non-hydrogen) atoms. The van der Waals surface area contributed by atoms with Gasteiger partial charge >= 0.3 is 0 Å². The van der Waals surface area contributed by atoms with Crippen molar-refractivity contribution in [1.29, 1.82) is 0 Å². The number of halogens is 2. The first-order chi connectivity index (χ1) is 13.2. The predicted molar refractivity (Wildman–Crippen MR) is 125 cm³/mol. The summed E-state index contributed by atoms with van der Waals surface area (Å²) in [6, 6.07) is 6.10. The summed E-state index contributed by atoms with van der Waals surface area (Å²) >= 11 is 0. The van der Waals surface area contributed by atoms with Crippen LogP contribution < -0.4 is 10.2 Å². The second kappa shape index (κ2) is 13.3. The van der Waals surface area contributed by atoms with Gasteiger partial charge in [-0.1, -0.05) is 13.0 Å². The minimum atomic E-state index is 0. The van der Waals surface area contributed by atoms with E-state index in [9.17, 15) is 4.79 Å². The van der Waals surface area contributed by atoms with Crippen LogP contribution in [0.1, 0.15) is 46.0 Å². The maximum absolute atomic E-state index is 12.9. The maximum atomic E-state index is 12.9. The van der Waals surface area contributed by atoms with Crippen molar-refractivity contribution in [2.45, 2.75) is 46.0 Å². The average molecular weight is 445 g/mol. The van der Waals surface area contributed by atoms with Gasteiger partial charge in [0.1, 0.15) is 5.82 Å². The highest BCUT2D eigenvalue weighted by atomic mass is 35.5. The molecule has 0 aliphatic carbocycles. The van der Waals surface area contributed by atoms with Crippen LogP contribution in [0.2, 0.25) is 0 Å². The van der Waals surface area contributed by atoms with E-state index in [0.717, 1.165) is 57.9 Å². The quantitative estimate of drug-likeness (QED) is 0.689. The number of amides is 1. The lowest BCUT2D eigenvalue weighted by atomic mass is 9.85. The normalized spacial score (nSPS) is 20.9. The number of anilines is 1. The van der Waals surface area contributed by atoms with Gasteiger partial charge in [0.25, 0.3) is 0 Å². The van der Waals surface area contributed by atoms with Gasteiger partial charge < -0.3 is 15.1 Å². The second-order valence-electron chi connectivity index (χ2n) is 8.34. The molecule has 0 aromatic carbocycles. The number of carbonyl (C=O) groups is 1. The van der Waals surface area contributed by atoms with Crippen molar-refractivity contribution in [3.63, 3.8) is 0 Å². The number of pyridine rings is 1. The lowest BCUT2D eigenvalue weighted by Crippen LogP contribution is -2.42. The van der Waals surface area contributed by atoms with Gasteiger partial charge in [-0.25, -0.2) is 4.98 Å². The van der Waals surface area contributed by atoms with Crippen LogP contribution in [0, 0.1) is 17.8 Å². The average Bonchev–Trinajstić information content (AvgIpc) is 2.73. The molecule has 2 fully saturated rings. The maximum Gasteiger partial charge on any atom is 0.222 e. The summed E-state index contributed by atoms with van der Waals surface area (Å²) in [6.45, 7) is 10.4. The summed E-state index contributed by atoms with van der Waals surface area (Å²) < 4.78 is 0. The van der Waals surface area contributed by atoms with Crippen molar-refractivity contribution < 1.29 is 4.79 Å². The van der Waals surface area contributed by atoms with Gasteiger partial charge in [0.15, 0.2) is 0 Å². The van der Waals surface area contributed by atoms with Gasteiger partial charge in [-0.3, -0.25) is 4.79 Å². The lowest BCUT2D eigenvalue weighted by Gasteiger charge is -2.36. The number of hydrogen-bond acceptors (Lipinski definition) is 4. The van der Waals surface area contributed by atoms with Crippen LogP contribution in [0.5, 0.6) is 0 Å². The van der Waals surface area contributed by atoms with E-state index in [-0.39, 0.29) is 24.8 Å². The molecule has 3 heterocycles. The third kappa shape index (κ3) is 7.62. The van der Waals surface area contributed by atoms with E-state index in [1.165, 1.54) is 12.8 Å². The third-order valence-corrected chi connectivity index (χ3v) is 6.44. The number of nitrogens with one attached hydrogen (secondary N) is 1. The van der Waals surface area contributed by atoms with E-state index in [2.05, 4.69) is 46.1 Å². The highest BCUT2D eigenvalue weighted by Gasteiger charge is 2.27. The molecular formula is C22H38Cl2N4O. The number of aromatic nitrogens is 1. The fraction of sp³-hybridized carbons (Fsp3) is 0.727. The molecule has 7 heteroatoms. The molecule has 1 amide bonds. The van der Waals surface area contributed by atoms with Crippen LogP contribution in [0.3, 0.4) is 0 Å². The predicted octanol–water partition coefficient (Wildman–Crippen LogP) is 4.02. The Morgan fingerprint density at radius 3 is 2.62 bits per heavy atom. The first kappa shape index (κ1) is 26.0. The molecule has 0 bridgehead atoms. The molecule has 3 rings (SSSR count). The highest BCUT2D eigenvalue weighted by Crippen LogP contribution is 2.25. The molecule has 2 unspecified atom stereocenters. The highest BCUT2D eigenvalue weighted by molar-refractivity contribution is 5.85. The molecule has 0 spiro atoms. The Hall–Kier alpha value is -1.04. The largest absolute Gasteiger partial charge is 0.357 e. The van der Waals surface area contributed by atoms with E-state index in [1.54, 1.807) is 0 Å². The van der Waals surface area contributed by atoms with Crippen LogP contribution in [0.25, 0.3) is 0 Å². The zero-order valence-electron chi connectivity index (χ0n) is 17.9. The summed E-state index contributed by atoms with van der Waals surface area (Å²) in [7, 11) is 0. The molecule has 1 N–H and O–H groups in total. The SMILES string of the molecule is CCN(CC1CCN(c2ccccn2)CC1)C(=O)CC(C)C1CCCNC1.Cl.Cl. The van der Waals surface area contributed by atoms with Gasteiger partial charge in [0.05, 0.1) is 0 Å². The molecule has 0 saturated carbocycles. The van der Waals surface area contributed by atoms with E-state index in [0.29, 0.717) is 30.1 Å². The third-order valence-electron chi connectivity index (χ3n) is 6.44. The second-order valence-corrected chi connectivity index (χ2v) is 8.34. The topological polar surface area (TPSA) is 48.5 Å². The molecule has 2 atom stereocenters. The summed E-state index contributed by atoms with van der Waals surface area (Å²) in [5, 5.41) is 3.48. The van der Waals surface area contributed by atoms with Crippen molar-refractivity contribution in [2.75, 3.05) is 44.2 Å². The Labute approximate surface area is 188 Å². The van der Waals surface area contributed by atoms with Crippen LogP contribution in [0.4, 0.5) is 5.82 Å². The number of piperidine rings is 2. The Morgan fingerprint density at radius 2 is 2.03 bits per heavy atom. The Balaban J connectivity index is 0.00000210. The van der Waals surface area contributed by atoms with Crippen LogP contribution in [-0.2, 0) is 4.79 Å². The number of hydrogen-bond donors (Lipinski definition) is 1. The Bertz CT molecular complexity index is 575. The molecule has 1 aromatic heterocycles. The smallest absolute Gasteiger partial charge is 0.222 e. The first-order valence-electron chi connectivity index (χ1n) is 10.8. The molecule has 2 aliphatic rings. The van der Waals surface area contributed by atoms with E-state index >= 15 is 0 Å². The Kier molecular flexibility index (Phi) is 11.9. The molecular weight excluding hydrogens is 407 g/mol. The summed E-state index contributed by atoms with van der Waals surface area (Å²) in [6.07, 6.45) is 7.36. The van der Waals surface area contributed by atoms with Gasteiger partial charge in [-0.05, 0) is 75.6 Å². The van der Waals surface area contributed by atoms with Crippen molar-refractivity contribution >= 4 is 36.5 Å². The first-order valence-corrected chi connectivity index (χ1v) is 10.8. The van der Waals surface area contributed by atoms with Crippen molar-refractivity contribution in [1.82, 2.24) is 15.2 Å². The van der Waals surface area contributed by atoms with E-state index in [4.69, 9.17) is 0 Å². The van der Waals surface area contributed by atoms with E-state index in [1.807, 2.05) is 12.3 Å². The monoisotopic (exact) mass is 444 g/mol. The zero-order valence-corrected chi connectivity index (χ0v) is 19.5. The van der Waals surface area contributed by atoms with Crippen LogP contribution in [0.15, 0.2) is 24.4 Å². The van der Waals surface area contributed by atoms with Crippen molar-refractivity contribution in [3.8, 4) is 0 Å². The van der Waals surface area contributed by atoms with Gasteiger partial charge in [-0.15, -0.1) is 24.8 Å². The summed E-state index contributed by atoms with van der Waals surface area (Å²) in [5.74, 6) is 3.17. The minimum Gasteiger partial charge on any atom is -0.357 e. The van der Waals surface area contributed by atoms with Crippen molar-refractivity contribution in [2.24, 2.45) is 17.8 Å². The lowest BCUT2D eigenvalue weighted by molar-refractivity contribution is -0.133. The van der Waals surface area contributed by atoms with Gasteiger partial charge in [-0.2, -0.15) is 0 Å². The number of nitrogens with zero attached hydrogens (tertiary/aromatic N) is 3. The fourth-order valence-corrected chi connectivity index (χ4v) is 4.54. The standard InChI is InChI=1S/C22H36N4O.2ClH/c1-3-25(22(27)15-18(2)20-7-6-11-23-16-20)17-19-9-13-26(14-10-19)21-8-4-5-12-24-21;;/h4-5,8,12,18-20,23H,3,6-7,9-11,13-17H2,1-2H3;2*1H.